The fraction of sp³-hybridized carbons (Fsp3) is 0.541. The summed E-state index contributed by atoms with van der Waals surface area (Å²) in [5.74, 6) is 0. The van der Waals surface area contributed by atoms with E-state index in [2.05, 4.69) is 122 Å². The number of nitrogens with zero attached hydrogens (tertiary/aromatic N) is 1. The molecule has 5 rings (SSSR count). The Morgan fingerprint density at radius 1 is 0.711 bits per heavy atom. The number of pyridine rings is 1. The highest BCUT2D eigenvalue weighted by Crippen LogP contribution is 2.53. The zero-order valence-corrected chi connectivity index (χ0v) is 25.6. The van der Waals surface area contributed by atoms with Gasteiger partial charge >= 0.3 is 0 Å². The molecule has 0 radical (unpaired) electrons. The minimum absolute atomic E-state index is 0.0123. The molecule has 1 heteroatoms. The lowest BCUT2D eigenvalue weighted by molar-refractivity contribution is -0.765. The highest BCUT2D eigenvalue weighted by atomic mass is 15.1. The molecule has 0 fully saturated rings. The Morgan fingerprint density at radius 2 is 1.39 bits per heavy atom. The van der Waals surface area contributed by atoms with Crippen LogP contribution < -0.4 is 4.57 Å². The van der Waals surface area contributed by atoms with Crippen LogP contribution in [0.25, 0.3) is 22.4 Å². The predicted octanol–water partition coefficient (Wildman–Crippen LogP) is 9.81. The smallest absolute Gasteiger partial charge is 0.192 e. The minimum atomic E-state index is 0.0123. The fourth-order valence-corrected chi connectivity index (χ4v) is 7.55. The largest absolute Gasteiger partial charge is 0.213 e. The SMILES string of the molecule is CCCCc1cccc(-c2ccc3c(c2)-c2cc4c(c[n+]2C(C)(CC)C3(C)CC)C(C)(C)CCC4(C)C)c1. The maximum atomic E-state index is 2.71. The number of hydrogen-bond acceptors (Lipinski definition) is 0. The van der Waals surface area contributed by atoms with Crippen molar-refractivity contribution >= 4 is 0 Å². The normalized spacial score (nSPS) is 24.9. The van der Waals surface area contributed by atoms with Crippen molar-refractivity contribution in [2.75, 3.05) is 0 Å². The van der Waals surface area contributed by atoms with E-state index in [4.69, 9.17) is 0 Å². The number of fused-ring (bicyclic) bond motifs is 4. The molecule has 0 N–H and O–H groups in total. The molecule has 2 aliphatic rings. The fourth-order valence-electron chi connectivity index (χ4n) is 7.55. The van der Waals surface area contributed by atoms with Crippen LogP contribution in [0.4, 0.5) is 0 Å². The molecule has 3 aromatic rings. The highest BCUT2D eigenvalue weighted by molar-refractivity contribution is 5.76. The number of benzene rings is 2. The van der Waals surface area contributed by atoms with E-state index in [1.54, 1.807) is 11.1 Å². The average Bonchev–Trinajstić information content (AvgIpc) is 2.92. The van der Waals surface area contributed by atoms with Crippen molar-refractivity contribution in [1.29, 1.82) is 0 Å². The number of hydrogen-bond donors (Lipinski definition) is 0. The molecule has 0 spiro atoms. The Kier molecular flexibility index (Phi) is 6.69. The second-order valence-electron chi connectivity index (χ2n) is 14.0. The minimum Gasteiger partial charge on any atom is -0.192 e. The second-order valence-corrected chi connectivity index (χ2v) is 14.0. The quantitative estimate of drug-likeness (QED) is 0.292. The van der Waals surface area contributed by atoms with Crippen LogP contribution in [-0.4, -0.2) is 0 Å². The topological polar surface area (TPSA) is 3.88 Å². The molecule has 202 valence electrons. The van der Waals surface area contributed by atoms with Crippen molar-refractivity contribution in [3.05, 3.63) is 77.0 Å². The lowest BCUT2D eigenvalue weighted by Gasteiger charge is -2.48. The number of unbranched alkanes of at least 4 members (excludes halogenated alkanes) is 1. The summed E-state index contributed by atoms with van der Waals surface area (Å²) in [5.41, 5.74) is 12.1. The maximum Gasteiger partial charge on any atom is 0.213 e. The molecule has 0 saturated carbocycles. The van der Waals surface area contributed by atoms with E-state index in [1.165, 1.54) is 59.2 Å². The van der Waals surface area contributed by atoms with Crippen LogP contribution in [0.5, 0.6) is 0 Å². The van der Waals surface area contributed by atoms with Gasteiger partial charge in [0.15, 0.2) is 11.7 Å². The zero-order chi connectivity index (χ0) is 27.5. The van der Waals surface area contributed by atoms with Gasteiger partial charge in [0, 0.05) is 25.0 Å². The van der Waals surface area contributed by atoms with Crippen LogP contribution in [0.15, 0.2) is 54.7 Å². The Balaban J connectivity index is 1.78. The molecule has 0 bridgehead atoms. The Hall–Kier alpha value is -2.41. The maximum absolute atomic E-state index is 2.71. The van der Waals surface area contributed by atoms with Gasteiger partial charge in [0.1, 0.15) is 0 Å². The molecule has 2 atom stereocenters. The van der Waals surface area contributed by atoms with Gasteiger partial charge in [0.2, 0.25) is 5.69 Å². The van der Waals surface area contributed by atoms with Crippen LogP contribution in [0.1, 0.15) is 123 Å². The van der Waals surface area contributed by atoms with Crippen LogP contribution >= 0.6 is 0 Å². The third-order valence-corrected chi connectivity index (χ3v) is 11.0. The first-order valence-electron chi connectivity index (χ1n) is 15.3. The van der Waals surface area contributed by atoms with E-state index in [1.807, 2.05) is 0 Å². The van der Waals surface area contributed by atoms with E-state index in [9.17, 15) is 0 Å². The van der Waals surface area contributed by atoms with Gasteiger partial charge < -0.3 is 0 Å². The molecule has 2 heterocycles. The molecular formula is C37H50N+. The van der Waals surface area contributed by atoms with Gasteiger partial charge in [0.05, 0.1) is 11.0 Å². The molecule has 1 aliphatic carbocycles. The summed E-state index contributed by atoms with van der Waals surface area (Å²) >= 11 is 0. The van der Waals surface area contributed by atoms with E-state index in [0.29, 0.717) is 0 Å². The van der Waals surface area contributed by atoms with Crippen LogP contribution in [-0.2, 0) is 28.2 Å². The molecule has 38 heavy (non-hydrogen) atoms. The Labute approximate surface area is 232 Å². The number of aryl methyl sites for hydroxylation is 1. The van der Waals surface area contributed by atoms with Crippen LogP contribution in [0.3, 0.4) is 0 Å². The Morgan fingerprint density at radius 3 is 2.05 bits per heavy atom. The summed E-state index contributed by atoms with van der Waals surface area (Å²) in [7, 11) is 0. The lowest BCUT2D eigenvalue weighted by Crippen LogP contribution is -2.68. The van der Waals surface area contributed by atoms with Crippen molar-refractivity contribution in [2.45, 2.75) is 129 Å². The van der Waals surface area contributed by atoms with Crippen molar-refractivity contribution in [3.63, 3.8) is 0 Å². The first kappa shape index (κ1) is 27.2. The molecule has 0 saturated heterocycles. The van der Waals surface area contributed by atoms with Gasteiger partial charge in [-0.05, 0) is 83.7 Å². The number of rotatable bonds is 6. The molecular weight excluding hydrogens is 458 g/mol. The first-order valence-corrected chi connectivity index (χ1v) is 15.3. The number of aromatic nitrogens is 1. The van der Waals surface area contributed by atoms with E-state index in [-0.39, 0.29) is 21.8 Å². The summed E-state index contributed by atoms with van der Waals surface area (Å²) in [6.07, 6.45) is 10.9. The molecule has 1 nitrogen and oxygen atoms in total. The lowest BCUT2D eigenvalue weighted by atomic mass is 9.59. The monoisotopic (exact) mass is 508 g/mol. The van der Waals surface area contributed by atoms with Crippen molar-refractivity contribution < 1.29 is 4.57 Å². The van der Waals surface area contributed by atoms with Gasteiger partial charge in [0.25, 0.3) is 0 Å². The van der Waals surface area contributed by atoms with Crippen LogP contribution in [0, 0.1) is 0 Å². The third-order valence-electron chi connectivity index (χ3n) is 11.0. The summed E-state index contributed by atoms with van der Waals surface area (Å²) in [4.78, 5) is 0. The van der Waals surface area contributed by atoms with Gasteiger partial charge in [-0.3, -0.25) is 0 Å². The second kappa shape index (κ2) is 9.35. The average molecular weight is 509 g/mol. The standard InChI is InChI=1S/C37H50N/c1-10-13-15-26-16-14-17-27(22-26)28-18-19-30-29(23-28)33-24-31-32(35(6,7)21-20-34(31,4)5)25-38(33)37(9,12-3)36(30,8)11-2/h14,16-19,22-25H,10-13,15,20-21H2,1-9H3/q+1. The summed E-state index contributed by atoms with van der Waals surface area (Å²) in [6.45, 7) is 21.9. The van der Waals surface area contributed by atoms with Crippen molar-refractivity contribution in [1.82, 2.24) is 0 Å². The van der Waals surface area contributed by atoms with E-state index in [0.717, 1.165) is 19.3 Å². The van der Waals surface area contributed by atoms with Gasteiger partial charge in [-0.1, -0.05) is 91.3 Å². The highest BCUT2D eigenvalue weighted by Gasteiger charge is 2.57. The van der Waals surface area contributed by atoms with Crippen molar-refractivity contribution in [3.8, 4) is 22.4 Å². The third kappa shape index (κ3) is 3.99. The summed E-state index contributed by atoms with van der Waals surface area (Å²) in [6, 6.07) is 19.2. The molecule has 2 unspecified atom stereocenters. The van der Waals surface area contributed by atoms with E-state index < -0.39 is 0 Å². The molecule has 1 aliphatic heterocycles. The first-order chi connectivity index (χ1) is 17.9. The molecule has 0 amide bonds. The predicted molar refractivity (Wildman–Crippen MR) is 163 cm³/mol. The van der Waals surface area contributed by atoms with Crippen LogP contribution in [0.2, 0.25) is 0 Å². The molecule has 1 aromatic heterocycles. The van der Waals surface area contributed by atoms with Crippen molar-refractivity contribution in [2.24, 2.45) is 0 Å². The van der Waals surface area contributed by atoms with Gasteiger partial charge in [-0.25, -0.2) is 0 Å². The zero-order valence-electron chi connectivity index (χ0n) is 25.6. The summed E-state index contributed by atoms with van der Waals surface area (Å²) in [5, 5.41) is 0. The van der Waals surface area contributed by atoms with Gasteiger partial charge in [-0.2, -0.15) is 4.57 Å². The van der Waals surface area contributed by atoms with Gasteiger partial charge in [-0.15, -0.1) is 0 Å². The summed E-state index contributed by atoms with van der Waals surface area (Å²) < 4.78 is 2.71. The van der Waals surface area contributed by atoms with E-state index >= 15 is 0 Å². The Bertz CT molecular complexity index is 1360. The molecule has 2 aromatic carbocycles.